The van der Waals surface area contributed by atoms with E-state index in [1.807, 2.05) is 31.9 Å². The average Bonchev–Trinajstić information content (AvgIpc) is 2.44. The highest BCUT2D eigenvalue weighted by Gasteiger charge is 2.03. The summed E-state index contributed by atoms with van der Waals surface area (Å²) in [5, 5.41) is 0. The quantitative estimate of drug-likeness (QED) is 0.705. The molecule has 3 heteroatoms. The van der Waals surface area contributed by atoms with Crippen LogP contribution in [0.15, 0.2) is 12.3 Å². The van der Waals surface area contributed by atoms with Gasteiger partial charge in [-0.3, -0.25) is 0 Å². The smallest absolute Gasteiger partial charge is 0.114 e. The minimum Gasteiger partial charge on any atom is -0.414 e. The number of nitrogens with zero attached hydrogens (tertiary/aromatic N) is 2. The molecule has 0 aromatic carbocycles. The normalized spacial score (nSPS) is 10.2. The Balaban J connectivity index is 2.71. The zero-order valence-corrected chi connectivity index (χ0v) is 8.87. The van der Waals surface area contributed by atoms with Crippen molar-refractivity contribution in [1.29, 1.82) is 0 Å². The van der Waals surface area contributed by atoms with Crippen LogP contribution in [0, 0.1) is 6.92 Å². The first-order valence-corrected chi connectivity index (χ1v) is 4.64. The van der Waals surface area contributed by atoms with Crippen LogP contribution in [0.5, 0.6) is 0 Å². The number of hydrogen-bond acceptors (Lipinski definition) is 2. The van der Waals surface area contributed by atoms with E-state index in [2.05, 4.69) is 17.9 Å². The zero-order chi connectivity index (χ0) is 9.84. The van der Waals surface area contributed by atoms with Crippen LogP contribution in [0.2, 0.25) is 0 Å². The van der Waals surface area contributed by atoms with E-state index in [4.69, 9.17) is 4.84 Å². The summed E-state index contributed by atoms with van der Waals surface area (Å²) in [6.45, 7) is 4.91. The van der Waals surface area contributed by atoms with Gasteiger partial charge in [0.1, 0.15) is 6.61 Å². The van der Waals surface area contributed by atoms with Gasteiger partial charge in [-0.25, -0.2) is 0 Å². The summed E-state index contributed by atoms with van der Waals surface area (Å²) in [5.41, 5.74) is 2.31. The Hall–Kier alpha value is -1.12. The molecule has 0 radical (unpaired) electrons. The highest BCUT2D eigenvalue weighted by atomic mass is 16.7. The second-order valence-electron chi connectivity index (χ2n) is 3.39. The lowest BCUT2D eigenvalue weighted by atomic mass is 10.4. The van der Waals surface area contributed by atoms with E-state index < -0.39 is 0 Å². The lowest BCUT2D eigenvalue weighted by molar-refractivity contribution is 0.107. The van der Waals surface area contributed by atoms with Crippen molar-refractivity contribution in [2.45, 2.75) is 20.3 Å². The van der Waals surface area contributed by atoms with Gasteiger partial charge in [0.25, 0.3) is 0 Å². The summed E-state index contributed by atoms with van der Waals surface area (Å²) in [5.74, 6) is 0. The maximum atomic E-state index is 5.51. The van der Waals surface area contributed by atoms with Crippen molar-refractivity contribution in [1.82, 2.24) is 4.73 Å². The molecule has 1 aromatic heterocycles. The Morgan fingerprint density at radius 1 is 1.46 bits per heavy atom. The van der Waals surface area contributed by atoms with Gasteiger partial charge >= 0.3 is 0 Å². The number of aryl methyl sites for hydroxylation is 1. The standard InChI is InChI=1S/C10H18N2O/c1-5-6-13-12-8-10(11(3)4)7-9(12)2/h7-8H,5-6H2,1-4H3. The van der Waals surface area contributed by atoms with Gasteiger partial charge in [-0.2, -0.15) is 4.73 Å². The molecule has 0 aliphatic heterocycles. The van der Waals surface area contributed by atoms with Gasteiger partial charge in [0.05, 0.1) is 17.6 Å². The third-order valence-corrected chi connectivity index (χ3v) is 1.90. The van der Waals surface area contributed by atoms with Crippen LogP contribution in [0.1, 0.15) is 19.0 Å². The Morgan fingerprint density at radius 3 is 2.62 bits per heavy atom. The first-order valence-electron chi connectivity index (χ1n) is 4.64. The number of anilines is 1. The van der Waals surface area contributed by atoms with Crippen LogP contribution in [0.25, 0.3) is 0 Å². The molecule has 1 heterocycles. The lowest BCUT2D eigenvalue weighted by Crippen LogP contribution is -2.12. The van der Waals surface area contributed by atoms with Gasteiger partial charge in [-0.15, -0.1) is 0 Å². The monoisotopic (exact) mass is 182 g/mol. The van der Waals surface area contributed by atoms with Gasteiger partial charge < -0.3 is 9.74 Å². The lowest BCUT2D eigenvalue weighted by Gasteiger charge is -2.09. The van der Waals surface area contributed by atoms with Crippen molar-refractivity contribution in [2.24, 2.45) is 0 Å². The van der Waals surface area contributed by atoms with Gasteiger partial charge in [-0.1, -0.05) is 6.92 Å². The second kappa shape index (κ2) is 4.21. The molecule has 0 spiro atoms. The van der Waals surface area contributed by atoms with E-state index in [0.717, 1.165) is 18.7 Å². The molecular weight excluding hydrogens is 164 g/mol. The Kier molecular flexibility index (Phi) is 3.23. The second-order valence-corrected chi connectivity index (χ2v) is 3.39. The van der Waals surface area contributed by atoms with Crippen LogP contribution in [0.4, 0.5) is 5.69 Å². The molecule has 1 rings (SSSR count). The molecule has 74 valence electrons. The third kappa shape index (κ3) is 2.41. The molecule has 13 heavy (non-hydrogen) atoms. The van der Waals surface area contributed by atoms with Crippen LogP contribution in [-0.4, -0.2) is 25.4 Å². The predicted octanol–water partition coefficient (Wildman–Crippen LogP) is 1.70. The van der Waals surface area contributed by atoms with E-state index in [1.54, 1.807) is 0 Å². The summed E-state index contributed by atoms with van der Waals surface area (Å²) in [4.78, 5) is 7.58. The minimum atomic E-state index is 0.766. The molecule has 1 aromatic rings. The molecule has 0 bridgehead atoms. The van der Waals surface area contributed by atoms with Gasteiger partial charge in [0.2, 0.25) is 0 Å². The maximum absolute atomic E-state index is 5.51. The van der Waals surface area contributed by atoms with Crippen LogP contribution in [-0.2, 0) is 0 Å². The van der Waals surface area contributed by atoms with Gasteiger partial charge in [0, 0.05) is 14.1 Å². The summed E-state index contributed by atoms with van der Waals surface area (Å²) in [6.07, 6.45) is 3.04. The Morgan fingerprint density at radius 2 is 2.15 bits per heavy atom. The fourth-order valence-corrected chi connectivity index (χ4v) is 1.11. The van der Waals surface area contributed by atoms with Gasteiger partial charge in [-0.05, 0) is 19.4 Å². The first kappa shape index (κ1) is 9.96. The fourth-order valence-electron chi connectivity index (χ4n) is 1.11. The van der Waals surface area contributed by atoms with Crippen molar-refractivity contribution in [3.63, 3.8) is 0 Å². The maximum Gasteiger partial charge on any atom is 0.114 e. The Bertz CT molecular complexity index is 266. The van der Waals surface area contributed by atoms with Gasteiger partial charge in [0.15, 0.2) is 0 Å². The van der Waals surface area contributed by atoms with Crippen LogP contribution in [0.3, 0.4) is 0 Å². The van der Waals surface area contributed by atoms with E-state index in [9.17, 15) is 0 Å². The number of aromatic nitrogens is 1. The summed E-state index contributed by atoms with van der Waals surface area (Å²) in [7, 11) is 4.05. The van der Waals surface area contributed by atoms with Crippen molar-refractivity contribution in [3.05, 3.63) is 18.0 Å². The summed E-state index contributed by atoms with van der Waals surface area (Å²) in [6, 6.07) is 2.11. The molecule has 0 atom stereocenters. The molecule has 0 saturated heterocycles. The molecule has 0 amide bonds. The molecule has 0 N–H and O–H groups in total. The highest BCUT2D eigenvalue weighted by molar-refractivity contribution is 5.45. The van der Waals surface area contributed by atoms with Crippen molar-refractivity contribution < 1.29 is 4.84 Å². The number of rotatable bonds is 4. The van der Waals surface area contributed by atoms with Crippen molar-refractivity contribution in [2.75, 3.05) is 25.6 Å². The molecule has 3 nitrogen and oxygen atoms in total. The fraction of sp³-hybridized carbons (Fsp3) is 0.600. The number of hydrogen-bond donors (Lipinski definition) is 0. The molecule has 0 aliphatic rings. The van der Waals surface area contributed by atoms with E-state index in [1.165, 1.54) is 5.69 Å². The van der Waals surface area contributed by atoms with Crippen LogP contribution >= 0.6 is 0 Å². The first-order chi connectivity index (χ1) is 6.15. The van der Waals surface area contributed by atoms with Crippen molar-refractivity contribution >= 4 is 5.69 Å². The topological polar surface area (TPSA) is 17.4 Å². The van der Waals surface area contributed by atoms with E-state index >= 15 is 0 Å². The molecule has 0 fully saturated rings. The SMILES string of the molecule is CCCOn1cc(N(C)C)cc1C. The largest absolute Gasteiger partial charge is 0.414 e. The summed E-state index contributed by atoms with van der Waals surface area (Å²) < 4.78 is 1.83. The third-order valence-electron chi connectivity index (χ3n) is 1.90. The average molecular weight is 182 g/mol. The molecular formula is C10H18N2O. The Labute approximate surface area is 79.9 Å². The molecule has 0 unspecified atom stereocenters. The predicted molar refractivity (Wildman–Crippen MR) is 55.2 cm³/mol. The molecule has 0 saturated carbocycles. The summed E-state index contributed by atoms with van der Waals surface area (Å²) >= 11 is 0. The zero-order valence-electron chi connectivity index (χ0n) is 8.87. The molecule has 0 aliphatic carbocycles. The van der Waals surface area contributed by atoms with E-state index in [-0.39, 0.29) is 0 Å². The van der Waals surface area contributed by atoms with E-state index in [0.29, 0.717) is 0 Å². The van der Waals surface area contributed by atoms with Crippen LogP contribution < -0.4 is 9.74 Å². The van der Waals surface area contributed by atoms with Crippen molar-refractivity contribution in [3.8, 4) is 0 Å². The highest BCUT2D eigenvalue weighted by Crippen LogP contribution is 2.14. The minimum absolute atomic E-state index is 0.766.